The van der Waals surface area contributed by atoms with Gasteiger partial charge in [0.05, 0.1) is 5.39 Å². The Hall–Kier alpha value is -2.70. The van der Waals surface area contributed by atoms with Crippen LogP contribution in [0.25, 0.3) is 10.2 Å². The van der Waals surface area contributed by atoms with Gasteiger partial charge in [-0.3, -0.25) is 15.0 Å². The normalized spacial score (nSPS) is 15.8. The molecule has 170 valence electrons. The van der Waals surface area contributed by atoms with E-state index in [0.717, 1.165) is 32.4 Å². The number of aryl methyl sites for hydroxylation is 1. The van der Waals surface area contributed by atoms with Gasteiger partial charge in [-0.05, 0) is 43.5 Å². The number of hydrogen-bond acceptors (Lipinski definition) is 6. The van der Waals surface area contributed by atoms with Crippen LogP contribution in [-0.2, 0) is 21.2 Å². The van der Waals surface area contributed by atoms with Gasteiger partial charge in [-0.15, -0.1) is 11.3 Å². The highest BCUT2D eigenvalue weighted by atomic mass is 32.2. The zero-order chi connectivity index (χ0) is 23.0. The molecule has 1 N–H and O–H groups in total. The fourth-order valence-corrected chi connectivity index (χ4v) is 6.08. The van der Waals surface area contributed by atoms with Gasteiger partial charge < -0.3 is 0 Å². The summed E-state index contributed by atoms with van der Waals surface area (Å²) >= 11 is 1.42. The number of carbonyl (C=O) groups excluding carboxylic acids is 1. The summed E-state index contributed by atoms with van der Waals surface area (Å²) in [6.45, 7) is 1.90. The third kappa shape index (κ3) is 4.17. The van der Waals surface area contributed by atoms with Gasteiger partial charge in [0.2, 0.25) is 15.9 Å². The molecule has 2 aromatic heterocycles. The number of benzene rings is 1. The Morgan fingerprint density at radius 3 is 2.66 bits per heavy atom. The van der Waals surface area contributed by atoms with Crippen LogP contribution in [0.2, 0.25) is 0 Å². The molecule has 3 aromatic rings. The van der Waals surface area contributed by atoms with E-state index >= 15 is 0 Å². The van der Waals surface area contributed by atoms with Gasteiger partial charge in [0.1, 0.15) is 27.7 Å². The van der Waals surface area contributed by atoms with E-state index in [-0.39, 0.29) is 31.5 Å². The van der Waals surface area contributed by atoms with Gasteiger partial charge in [-0.1, -0.05) is 6.92 Å². The number of nitrogens with one attached hydrogen (secondary N) is 1. The van der Waals surface area contributed by atoms with Crippen LogP contribution in [0, 0.1) is 17.6 Å². The zero-order valence-electron chi connectivity index (χ0n) is 17.0. The summed E-state index contributed by atoms with van der Waals surface area (Å²) in [5.41, 5.74) is 2.14. The quantitative estimate of drug-likeness (QED) is 0.602. The van der Waals surface area contributed by atoms with Gasteiger partial charge in [0.25, 0.3) is 5.56 Å². The molecule has 4 rings (SSSR count). The van der Waals surface area contributed by atoms with Gasteiger partial charge in [0, 0.05) is 23.9 Å². The molecule has 1 aliphatic heterocycles. The van der Waals surface area contributed by atoms with Crippen molar-refractivity contribution < 1.29 is 22.0 Å². The van der Waals surface area contributed by atoms with Crippen molar-refractivity contribution >= 4 is 37.5 Å². The second-order valence-corrected chi connectivity index (χ2v) is 10.5. The third-order valence-electron chi connectivity index (χ3n) is 5.42. The Labute approximate surface area is 186 Å². The van der Waals surface area contributed by atoms with Gasteiger partial charge in [0.15, 0.2) is 0 Å². The largest absolute Gasteiger partial charge is 0.280 e. The molecule has 0 atom stereocenters. The molecule has 1 saturated heterocycles. The first-order valence-electron chi connectivity index (χ1n) is 9.97. The van der Waals surface area contributed by atoms with Crippen molar-refractivity contribution in [2.75, 3.05) is 18.5 Å². The van der Waals surface area contributed by atoms with Gasteiger partial charge >= 0.3 is 0 Å². The van der Waals surface area contributed by atoms with E-state index in [0.29, 0.717) is 16.3 Å². The zero-order valence-corrected chi connectivity index (χ0v) is 18.7. The van der Waals surface area contributed by atoms with Crippen LogP contribution in [0.5, 0.6) is 0 Å². The Balaban J connectivity index is 1.45. The number of sulfonamides is 1. The molecule has 12 heteroatoms. The van der Waals surface area contributed by atoms with E-state index in [4.69, 9.17) is 0 Å². The predicted octanol–water partition coefficient (Wildman–Crippen LogP) is 2.47. The molecule has 32 heavy (non-hydrogen) atoms. The Morgan fingerprint density at radius 1 is 1.25 bits per heavy atom. The summed E-state index contributed by atoms with van der Waals surface area (Å²) in [5, 5.41) is 0.424. The number of amides is 1. The Kier molecular flexibility index (Phi) is 6.10. The summed E-state index contributed by atoms with van der Waals surface area (Å²) in [6, 6.07) is 4.01. The lowest BCUT2D eigenvalue weighted by Crippen LogP contribution is -2.44. The molecule has 1 amide bonds. The van der Waals surface area contributed by atoms with Crippen molar-refractivity contribution in [3.63, 3.8) is 0 Å². The molecule has 1 fully saturated rings. The second kappa shape index (κ2) is 8.68. The molecular formula is C20H20F2N4O4S2. The molecule has 0 spiro atoms. The summed E-state index contributed by atoms with van der Waals surface area (Å²) in [6.07, 6.45) is 2.37. The van der Waals surface area contributed by atoms with E-state index in [1.165, 1.54) is 17.7 Å². The number of piperidine rings is 1. The van der Waals surface area contributed by atoms with Crippen molar-refractivity contribution in [1.82, 2.24) is 14.0 Å². The maximum Gasteiger partial charge on any atom is 0.280 e. The van der Waals surface area contributed by atoms with E-state index in [1.807, 2.05) is 6.92 Å². The summed E-state index contributed by atoms with van der Waals surface area (Å²) < 4.78 is 54.8. The molecule has 8 nitrogen and oxygen atoms in total. The first-order valence-corrected chi connectivity index (χ1v) is 12.2. The molecule has 0 aliphatic carbocycles. The number of nitrogens with zero attached hydrogens (tertiary/aromatic N) is 3. The maximum absolute atomic E-state index is 14.0. The SMILES string of the molecule is CCc1cc2c(=O)n(NC(=O)C3CCN(S(=O)(=O)c4cc(F)ccc4F)CC3)cnc2s1. The van der Waals surface area contributed by atoms with Crippen molar-refractivity contribution in [2.45, 2.75) is 31.1 Å². The summed E-state index contributed by atoms with van der Waals surface area (Å²) in [7, 11) is -4.23. The van der Waals surface area contributed by atoms with Crippen LogP contribution in [0.15, 0.2) is 40.3 Å². The second-order valence-electron chi connectivity index (χ2n) is 7.43. The monoisotopic (exact) mass is 482 g/mol. The van der Waals surface area contributed by atoms with Crippen molar-refractivity contribution in [1.29, 1.82) is 0 Å². The van der Waals surface area contributed by atoms with E-state index in [1.54, 1.807) is 6.07 Å². The molecule has 1 aromatic carbocycles. The fourth-order valence-electron chi connectivity index (χ4n) is 3.61. The first kappa shape index (κ1) is 22.5. The van der Waals surface area contributed by atoms with E-state index in [2.05, 4.69) is 10.4 Å². The van der Waals surface area contributed by atoms with Crippen molar-refractivity contribution in [3.05, 3.63) is 57.5 Å². The van der Waals surface area contributed by atoms with Crippen LogP contribution < -0.4 is 11.0 Å². The highest BCUT2D eigenvalue weighted by Crippen LogP contribution is 2.26. The number of aromatic nitrogens is 2. The maximum atomic E-state index is 14.0. The van der Waals surface area contributed by atoms with E-state index < -0.39 is 38.4 Å². The molecule has 0 bridgehead atoms. The number of carbonyl (C=O) groups is 1. The summed E-state index contributed by atoms with van der Waals surface area (Å²) in [4.78, 5) is 30.4. The van der Waals surface area contributed by atoms with Crippen LogP contribution >= 0.6 is 11.3 Å². The molecule has 1 aliphatic rings. The molecule has 0 saturated carbocycles. The van der Waals surface area contributed by atoms with Gasteiger partial charge in [-0.2, -0.15) is 4.31 Å². The average molecular weight is 483 g/mol. The minimum atomic E-state index is -4.23. The fraction of sp³-hybridized carbons (Fsp3) is 0.350. The lowest BCUT2D eigenvalue weighted by Gasteiger charge is -2.30. The van der Waals surface area contributed by atoms with E-state index in [9.17, 15) is 26.8 Å². The number of hydrogen-bond donors (Lipinski definition) is 1. The van der Waals surface area contributed by atoms with Crippen LogP contribution in [-0.4, -0.2) is 41.4 Å². The van der Waals surface area contributed by atoms with Crippen LogP contribution in [0.1, 0.15) is 24.6 Å². The molecular weight excluding hydrogens is 462 g/mol. The van der Waals surface area contributed by atoms with Crippen molar-refractivity contribution in [3.8, 4) is 0 Å². The smallest absolute Gasteiger partial charge is 0.273 e. The van der Waals surface area contributed by atoms with Crippen molar-refractivity contribution in [2.24, 2.45) is 5.92 Å². The third-order valence-corrected chi connectivity index (χ3v) is 8.52. The lowest BCUT2D eigenvalue weighted by atomic mass is 9.98. The van der Waals surface area contributed by atoms with Gasteiger partial charge in [-0.25, -0.2) is 26.9 Å². The number of thiophene rings is 1. The number of rotatable bonds is 5. The standard InChI is InChI=1S/C20H20F2N4O4S2/c1-2-14-10-15-19(31-14)23-11-26(20(15)28)24-18(27)12-5-7-25(8-6-12)32(29,30)17-9-13(21)3-4-16(17)22/h3-4,9-12H,2,5-8H2,1H3,(H,24,27). The Bertz CT molecular complexity index is 1350. The number of fused-ring (bicyclic) bond motifs is 1. The lowest BCUT2D eigenvalue weighted by molar-refractivity contribution is -0.121. The predicted molar refractivity (Wildman–Crippen MR) is 115 cm³/mol. The number of halogens is 2. The average Bonchev–Trinajstić information content (AvgIpc) is 3.21. The highest BCUT2D eigenvalue weighted by Gasteiger charge is 2.34. The topological polar surface area (TPSA) is 101 Å². The highest BCUT2D eigenvalue weighted by molar-refractivity contribution is 7.89. The van der Waals surface area contributed by atoms with Crippen LogP contribution in [0.4, 0.5) is 8.78 Å². The first-order chi connectivity index (χ1) is 15.2. The van der Waals surface area contributed by atoms with Crippen LogP contribution in [0.3, 0.4) is 0 Å². The minimum Gasteiger partial charge on any atom is -0.273 e. The minimum absolute atomic E-state index is 0.0348. The molecule has 0 radical (unpaired) electrons. The molecule has 0 unspecified atom stereocenters. The summed E-state index contributed by atoms with van der Waals surface area (Å²) in [5.74, 6) is -2.87. The molecule has 3 heterocycles. The Morgan fingerprint density at radius 2 is 1.97 bits per heavy atom.